The Bertz CT molecular complexity index is 1630. The van der Waals surface area contributed by atoms with Crippen molar-refractivity contribution in [3.05, 3.63) is 103 Å². The molecular formula is C22H16F3N5O5. The summed E-state index contributed by atoms with van der Waals surface area (Å²) in [5.74, 6) is -2.16. The Kier molecular flexibility index (Phi) is 4.76. The number of alkyl halides is 3. The maximum absolute atomic E-state index is 14.9. The first kappa shape index (κ1) is 22.3. The molecule has 0 bridgehead atoms. The Morgan fingerprint density at radius 1 is 1.00 bits per heavy atom. The van der Waals surface area contributed by atoms with Crippen molar-refractivity contribution in [1.82, 2.24) is 19.3 Å². The highest BCUT2D eigenvalue weighted by Crippen LogP contribution is 2.51. The lowest BCUT2D eigenvalue weighted by molar-refractivity contribution is -0.181. The van der Waals surface area contributed by atoms with Gasteiger partial charge in [-0.05, 0) is 31.2 Å². The van der Waals surface area contributed by atoms with Gasteiger partial charge in [0.25, 0.3) is 17.0 Å². The van der Waals surface area contributed by atoms with Crippen molar-refractivity contribution >= 4 is 11.7 Å². The zero-order chi connectivity index (χ0) is 25.1. The number of fused-ring (bicyclic) bond motifs is 1. The summed E-state index contributed by atoms with van der Waals surface area (Å²) in [6, 6.07) is 10.7. The minimum absolute atomic E-state index is 0.185. The van der Waals surface area contributed by atoms with Gasteiger partial charge in [-0.25, -0.2) is 9.48 Å². The molecule has 0 aliphatic carbocycles. The molecule has 35 heavy (non-hydrogen) atoms. The van der Waals surface area contributed by atoms with Gasteiger partial charge in [0.2, 0.25) is 5.41 Å². The average molecular weight is 487 g/mol. The molecular weight excluding hydrogens is 471 g/mol. The Morgan fingerprint density at radius 3 is 2.34 bits per heavy atom. The van der Waals surface area contributed by atoms with Crippen molar-refractivity contribution in [1.29, 1.82) is 0 Å². The third-order valence-corrected chi connectivity index (χ3v) is 5.93. The number of para-hydroxylation sites is 1. The molecule has 1 atom stereocenters. The number of nitrogens with one attached hydrogen (secondary N) is 3. The zero-order valence-electron chi connectivity index (χ0n) is 17.9. The van der Waals surface area contributed by atoms with Gasteiger partial charge in [0.15, 0.2) is 0 Å². The molecule has 1 aromatic carbocycles. The van der Waals surface area contributed by atoms with Crippen LogP contribution in [0.2, 0.25) is 0 Å². The van der Waals surface area contributed by atoms with Crippen molar-refractivity contribution in [3.63, 3.8) is 0 Å². The number of benzene rings is 1. The summed E-state index contributed by atoms with van der Waals surface area (Å²) in [7, 11) is 0. The molecule has 0 saturated heterocycles. The minimum Gasteiger partial charge on any atom is -0.467 e. The van der Waals surface area contributed by atoms with E-state index >= 15 is 0 Å². The predicted octanol–water partition coefficient (Wildman–Crippen LogP) is 1.77. The van der Waals surface area contributed by atoms with E-state index in [9.17, 15) is 32.3 Å². The van der Waals surface area contributed by atoms with Crippen LogP contribution in [-0.4, -0.2) is 31.4 Å². The van der Waals surface area contributed by atoms with Crippen LogP contribution >= 0.6 is 0 Å². The van der Waals surface area contributed by atoms with E-state index in [1.807, 2.05) is 10.3 Å². The van der Waals surface area contributed by atoms with Gasteiger partial charge in [0, 0.05) is 5.69 Å². The Hall–Kier alpha value is -4.55. The molecule has 0 saturated carbocycles. The van der Waals surface area contributed by atoms with E-state index in [1.165, 1.54) is 37.5 Å². The molecule has 1 aliphatic rings. The largest absolute Gasteiger partial charge is 0.467 e. The first-order valence-corrected chi connectivity index (χ1v) is 10.2. The summed E-state index contributed by atoms with van der Waals surface area (Å²) in [4.78, 5) is 53.8. The highest BCUT2D eigenvalue weighted by atomic mass is 19.4. The fourth-order valence-corrected chi connectivity index (χ4v) is 4.47. The molecule has 0 unspecified atom stereocenters. The van der Waals surface area contributed by atoms with Crippen LogP contribution in [-0.2, 0) is 16.8 Å². The van der Waals surface area contributed by atoms with Crippen LogP contribution in [0.1, 0.15) is 22.6 Å². The van der Waals surface area contributed by atoms with Gasteiger partial charge in [0.1, 0.15) is 11.6 Å². The van der Waals surface area contributed by atoms with Crippen molar-refractivity contribution in [3.8, 4) is 5.69 Å². The van der Waals surface area contributed by atoms with E-state index in [0.29, 0.717) is 0 Å². The van der Waals surface area contributed by atoms with Crippen LogP contribution < -0.4 is 22.1 Å². The summed E-state index contributed by atoms with van der Waals surface area (Å²) in [6.07, 6.45) is -4.14. The second-order valence-corrected chi connectivity index (χ2v) is 7.94. The summed E-state index contributed by atoms with van der Waals surface area (Å²) in [6.45, 7) is 0.821. The van der Waals surface area contributed by atoms with Crippen molar-refractivity contribution in [2.45, 2.75) is 25.1 Å². The number of aryl methyl sites for hydroxylation is 1. The van der Waals surface area contributed by atoms with E-state index in [2.05, 4.69) is 5.10 Å². The number of carbonyl (C=O) groups is 1. The molecule has 3 N–H and O–H groups in total. The zero-order valence-corrected chi connectivity index (χ0v) is 17.9. The number of furan rings is 1. The van der Waals surface area contributed by atoms with Gasteiger partial charge in [-0.2, -0.15) is 13.2 Å². The van der Waals surface area contributed by atoms with Crippen LogP contribution in [0.15, 0.2) is 67.5 Å². The third kappa shape index (κ3) is 3.04. The highest BCUT2D eigenvalue weighted by molar-refractivity contribution is 6.08. The number of hydrogen-bond acceptors (Lipinski definition) is 5. The molecule has 4 aromatic rings. The number of nitrogens with zero attached hydrogens (tertiary/aromatic N) is 2. The predicted molar refractivity (Wildman–Crippen MR) is 116 cm³/mol. The highest BCUT2D eigenvalue weighted by Gasteiger charge is 2.70. The number of amides is 1. The number of hydrogen-bond donors (Lipinski definition) is 3. The summed E-state index contributed by atoms with van der Waals surface area (Å²) in [5.41, 5.74) is -9.47. The number of aromatic amines is 2. The smallest absolute Gasteiger partial charge is 0.411 e. The van der Waals surface area contributed by atoms with Crippen molar-refractivity contribution < 1.29 is 22.4 Å². The van der Waals surface area contributed by atoms with Crippen LogP contribution in [0.5, 0.6) is 0 Å². The average Bonchev–Trinajstić information content (AvgIpc) is 3.48. The van der Waals surface area contributed by atoms with E-state index < -0.39 is 51.3 Å². The van der Waals surface area contributed by atoms with Gasteiger partial charge >= 0.3 is 11.9 Å². The lowest BCUT2D eigenvalue weighted by Crippen LogP contribution is -2.54. The second-order valence-electron chi connectivity index (χ2n) is 7.94. The number of H-pyrrole nitrogens is 2. The van der Waals surface area contributed by atoms with E-state index in [1.54, 1.807) is 18.2 Å². The fourth-order valence-electron chi connectivity index (χ4n) is 4.47. The van der Waals surface area contributed by atoms with Crippen molar-refractivity contribution in [2.75, 3.05) is 5.32 Å². The first-order valence-electron chi connectivity index (χ1n) is 10.2. The molecule has 5 rings (SSSR count). The molecule has 13 heteroatoms. The summed E-state index contributed by atoms with van der Waals surface area (Å²) < 4.78 is 51.5. The third-order valence-electron chi connectivity index (χ3n) is 5.93. The minimum atomic E-state index is -5.43. The quantitative estimate of drug-likeness (QED) is 0.403. The number of anilines is 1. The van der Waals surface area contributed by atoms with Gasteiger partial charge < -0.3 is 9.73 Å². The van der Waals surface area contributed by atoms with Crippen LogP contribution in [0.25, 0.3) is 5.69 Å². The summed E-state index contributed by atoms with van der Waals surface area (Å²) >= 11 is 0. The molecule has 3 aromatic heterocycles. The molecule has 0 fully saturated rings. The van der Waals surface area contributed by atoms with Crippen LogP contribution in [0, 0.1) is 6.92 Å². The lowest BCUT2D eigenvalue weighted by atomic mass is 9.75. The normalized spacial score (nSPS) is 17.4. The Labute approximate surface area is 192 Å². The van der Waals surface area contributed by atoms with Crippen LogP contribution in [0.3, 0.4) is 0 Å². The number of rotatable bonds is 4. The molecule has 1 amide bonds. The van der Waals surface area contributed by atoms with Gasteiger partial charge in [-0.1, -0.05) is 18.2 Å². The van der Waals surface area contributed by atoms with E-state index in [4.69, 9.17) is 4.42 Å². The topological polar surface area (TPSA) is 135 Å². The van der Waals surface area contributed by atoms with Crippen LogP contribution in [0.4, 0.5) is 19.0 Å². The standard InChI is InChI=1S/C22H16F3N5O5/c1-11-14(18(32)30(28-11)12-6-3-2-4-7-12)21(22(23,24)25)15-16(26-19(21)33)29(20(34)27-17(15)31)10-13-8-5-9-35-13/h2-9,28H,10H2,1H3,(H,26,33)(H,27,31,34)/t21-/m0/s1. The fraction of sp³-hybridized carbons (Fsp3) is 0.182. The molecule has 4 heterocycles. The SMILES string of the molecule is Cc1[nH]n(-c2ccccc2)c(=O)c1[C@@]1(C(F)(F)F)C(=O)Nc2c1c(=O)[nH]c(=O)n2Cc1ccco1. The number of carbonyl (C=O) groups excluding carboxylic acids is 1. The molecule has 1 aliphatic heterocycles. The molecule has 0 spiro atoms. The number of aromatic nitrogens is 4. The van der Waals surface area contributed by atoms with Gasteiger partial charge in [-0.15, -0.1) is 0 Å². The van der Waals surface area contributed by atoms with E-state index in [-0.39, 0.29) is 23.7 Å². The monoisotopic (exact) mass is 487 g/mol. The van der Waals surface area contributed by atoms with Crippen molar-refractivity contribution in [2.24, 2.45) is 0 Å². The maximum atomic E-state index is 14.9. The Morgan fingerprint density at radius 2 is 1.71 bits per heavy atom. The maximum Gasteiger partial charge on any atom is 0.411 e. The van der Waals surface area contributed by atoms with Gasteiger partial charge in [-0.3, -0.25) is 29.0 Å². The second kappa shape index (κ2) is 7.48. The molecule has 180 valence electrons. The summed E-state index contributed by atoms with van der Waals surface area (Å²) in [5, 5.41) is 4.60. The molecule has 10 nitrogen and oxygen atoms in total. The van der Waals surface area contributed by atoms with Gasteiger partial charge in [0.05, 0.1) is 29.6 Å². The van der Waals surface area contributed by atoms with E-state index in [0.717, 1.165) is 9.25 Å². The molecule has 0 radical (unpaired) electrons. The Balaban J connectivity index is 1.86. The number of halogens is 3. The first-order chi connectivity index (χ1) is 16.6. The lowest BCUT2D eigenvalue weighted by Gasteiger charge is -2.28.